The number of thiophene rings is 1. The number of aryl methyl sites for hydroxylation is 1. The van der Waals surface area contributed by atoms with E-state index in [-0.39, 0.29) is 5.69 Å². The maximum atomic E-state index is 10.9. The lowest BCUT2D eigenvalue weighted by molar-refractivity contribution is -0.384. The molecule has 1 N–H and O–H groups in total. The molecule has 0 fully saturated rings. The first-order valence-electron chi connectivity index (χ1n) is 5.71. The van der Waals surface area contributed by atoms with Gasteiger partial charge in [0.2, 0.25) is 5.82 Å². The zero-order valence-electron chi connectivity index (χ0n) is 10.2. The Morgan fingerprint density at radius 2 is 2.21 bits per heavy atom. The van der Waals surface area contributed by atoms with Gasteiger partial charge in [-0.05, 0) is 34.5 Å². The number of hydrogen-bond acceptors (Lipinski definition) is 5. The fourth-order valence-corrected chi connectivity index (χ4v) is 2.80. The van der Waals surface area contributed by atoms with Crippen molar-refractivity contribution in [3.63, 3.8) is 0 Å². The number of aromatic nitrogens is 1. The van der Waals surface area contributed by atoms with Crippen molar-refractivity contribution < 1.29 is 4.92 Å². The lowest BCUT2D eigenvalue weighted by Gasteiger charge is -2.04. The van der Waals surface area contributed by atoms with Crippen molar-refractivity contribution in [1.82, 2.24) is 4.98 Å². The Bertz CT molecular complexity index is 600. The molecule has 7 heteroatoms. The summed E-state index contributed by atoms with van der Waals surface area (Å²) < 4.78 is 0.592. The van der Waals surface area contributed by atoms with E-state index in [1.54, 1.807) is 17.5 Å². The third-order valence-corrected chi connectivity index (χ3v) is 4.19. The van der Waals surface area contributed by atoms with Gasteiger partial charge in [-0.15, -0.1) is 11.3 Å². The van der Waals surface area contributed by atoms with Crippen LogP contribution < -0.4 is 5.32 Å². The minimum atomic E-state index is -0.439. The van der Waals surface area contributed by atoms with E-state index in [2.05, 4.69) is 39.2 Å². The highest BCUT2D eigenvalue weighted by Gasteiger charge is 2.15. The molecule has 0 bridgehead atoms. The van der Waals surface area contributed by atoms with E-state index in [1.807, 2.05) is 6.07 Å². The topological polar surface area (TPSA) is 68.1 Å². The van der Waals surface area contributed by atoms with Gasteiger partial charge in [-0.3, -0.25) is 10.1 Å². The van der Waals surface area contributed by atoms with Crippen LogP contribution in [0.4, 0.5) is 11.5 Å². The molecule has 0 amide bonds. The Hall–Kier alpha value is -1.47. The van der Waals surface area contributed by atoms with Crippen LogP contribution in [0.5, 0.6) is 0 Å². The van der Waals surface area contributed by atoms with Crippen LogP contribution in [-0.2, 0) is 13.0 Å². The average Bonchev–Trinajstić information content (AvgIpc) is 2.85. The predicted octanol–water partition coefficient (Wildman–Crippen LogP) is 3.99. The first-order valence-corrected chi connectivity index (χ1v) is 7.32. The number of nitrogens with zero attached hydrogens (tertiary/aromatic N) is 2. The van der Waals surface area contributed by atoms with Crippen LogP contribution >= 0.6 is 27.3 Å². The minimum absolute atomic E-state index is 0.0263. The number of anilines is 1. The van der Waals surface area contributed by atoms with Crippen LogP contribution in [-0.4, -0.2) is 9.91 Å². The minimum Gasteiger partial charge on any atom is -0.359 e. The van der Waals surface area contributed by atoms with E-state index in [4.69, 9.17) is 0 Å². The SMILES string of the molecule is CCc1ccc(CNc2ncc(Br)cc2[N+](=O)[O-])s1. The molecule has 19 heavy (non-hydrogen) atoms. The van der Waals surface area contributed by atoms with Crippen LogP contribution in [0, 0.1) is 10.1 Å². The Morgan fingerprint density at radius 1 is 1.47 bits per heavy atom. The molecular weight excluding hydrogens is 330 g/mol. The molecule has 100 valence electrons. The summed E-state index contributed by atoms with van der Waals surface area (Å²) in [7, 11) is 0. The molecule has 0 aliphatic carbocycles. The maximum Gasteiger partial charge on any atom is 0.312 e. The highest BCUT2D eigenvalue weighted by molar-refractivity contribution is 9.10. The van der Waals surface area contributed by atoms with Crippen molar-refractivity contribution in [2.45, 2.75) is 19.9 Å². The van der Waals surface area contributed by atoms with Crippen LogP contribution in [0.15, 0.2) is 28.9 Å². The van der Waals surface area contributed by atoms with Crippen molar-refractivity contribution in [3.8, 4) is 0 Å². The van der Waals surface area contributed by atoms with Crippen molar-refractivity contribution >= 4 is 38.8 Å². The van der Waals surface area contributed by atoms with E-state index in [1.165, 1.54) is 10.9 Å². The second kappa shape index (κ2) is 6.12. The molecule has 2 rings (SSSR count). The van der Waals surface area contributed by atoms with Gasteiger partial charge in [-0.1, -0.05) is 6.92 Å². The molecule has 0 aliphatic heterocycles. The summed E-state index contributed by atoms with van der Waals surface area (Å²) >= 11 is 4.88. The van der Waals surface area contributed by atoms with Gasteiger partial charge in [0.05, 0.1) is 11.5 Å². The number of hydrogen-bond donors (Lipinski definition) is 1. The molecule has 0 saturated carbocycles. The summed E-state index contributed by atoms with van der Waals surface area (Å²) in [6, 6.07) is 5.55. The summed E-state index contributed by atoms with van der Waals surface area (Å²) in [5.41, 5.74) is -0.0263. The van der Waals surface area contributed by atoms with Gasteiger partial charge in [0, 0.05) is 26.5 Å². The fourth-order valence-electron chi connectivity index (χ4n) is 1.58. The van der Waals surface area contributed by atoms with Crippen molar-refractivity contribution in [2.24, 2.45) is 0 Å². The van der Waals surface area contributed by atoms with E-state index in [0.717, 1.165) is 11.3 Å². The van der Waals surface area contributed by atoms with E-state index >= 15 is 0 Å². The zero-order valence-corrected chi connectivity index (χ0v) is 12.6. The highest BCUT2D eigenvalue weighted by atomic mass is 79.9. The maximum absolute atomic E-state index is 10.9. The summed E-state index contributed by atoms with van der Waals surface area (Å²) in [5.74, 6) is 0.291. The van der Waals surface area contributed by atoms with Gasteiger partial charge in [-0.2, -0.15) is 0 Å². The number of nitrogens with one attached hydrogen (secondary N) is 1. The number of halogens is 1. The lowest BCUT2D eigenvalue weighted by Crippen LogP contribution is -2.03. The zero-order chi connectivity index (χ0) is 13.8. The fraction of sp³-hybridized carbons (Fsp3) is 0.250. The molecule has 2 aromatic rings. The normalized spacial score (nSPS) is 10.4. The summed E-state index contributed by atoms with van der Waals surface area (Å²) in [5, 5.41) is 14.0. The Labute approximate surface area is 123 Å². The van der Waals surface area contributed by atoms with Gasteiger partial charge in [0.15, 0.2) is 0 Å². The number of rotatable bonds is 5. The molecule has 0 aromatic carbocycles. The molecule has 2 heterocycles. The number of nitro groups is 1. The second-order valence-electron chi connectivity index (χ2n) is 3.85. The van der Waals surface area contributed by atoms with Crippen molar-refractivity contribution in [1.29, 1.82) is 0 Å². The van der Waals surface area contributed by atoms with Crippen LogP contribution in [0.25, 0.3) is 0 Å². The van der Waals surface area contributed by atoms with Crippen LogP contribution in [0.1, 0.15) is 16.7 Å². The number of pyridine rings is 1. The van der Waals surface area contributed by atoms with E-state index < -0.39 is 4.92 Å². The predicted molar refractivity (Wildman–Crippen MR) is 79.6 cm³/mol. The van der Waals surface area contributed by atoms with Crippen molar-refractivity contribution in [2.75, 3.05) is 5.32 Å². The standard InChI is InChI=1S/C12H12BrN3O2S/c1-2-9-3-4-10(19-9)7-15-12-11(16(17)18)5-8(13)6-14-12/h3-6H,2,7H2,1H3,(H,14,15). The van der Waals surface area contributed by atoms with Gasteiger partial charge < -0.3 is 5.32 Å². The third-order valence-electron chi connectivity index (χ3n) is 2.53. The smallest absolute Gasteiger partial charge is 0.312 e. The van der Waals surface area contributed by atoms with Crippen LogP contribution in [0.3, 0.4) is 0 Å². The molecule has 2 aromatic heterocycles. The molecule has 0 radical (unpaired) electrons. The molecule has 0 aliphatic rings. The summed E-state index contributed by atoms with van der Waals surface area (Å²) in [6.07, 6.45) is 2.54. The third kappa shape index (κ3) is 3.51. The summed E-state index contributed by atoms with van der Waals surface area (Å²) in [6.45, 7) is 2.64. The van der Waals surface area contributed by atoms with E-state index in [0.29, 0.717) is 16.8 Å². The molecule has 0 atom stereocenters. The first kappa shape index (κ1) is 14.0. The van der Waals surface area contributed by atoms with Crippen molar-refractivity contribution in [3.05, 3.63) is 48.7 Å². The lowest BCUT2D eigenvalue weighted by atomic mass is 10.3. The summed E-state index contributed by atoms with van der Waals surface area (Å²) in [4.78, 5) is 17.0. The Balaban J connectivity index is 2.12. The first-order chi connectivity index (χ1) is 9.10. The quantitative estimate of drug-likeness (QED) is 0.659. The van der Waals surface area contributed by atoms with Gasteiger partial charge in [0.1, 0.15) is 0 Å². The van der Waals surface area contributed by atoms with Gasteiger partial charge in [-0.25, -0.2) is 4.98 Å². The largest absolute Gasteiger partial charge is 0.359 e. The van der Waals surface area contributed by atoms with E-state index in [9.17, 15) is 10.1 Å². The van der Waals surface area contributed by atoms with Gasteiger partial charge in [0.25, 0.3) is 0 Å². The molecule has 5 nitrogen and oxygen atoms in total. The average molecular weight is 342 g/mol. The Morgan fingerprint density at radius 3 is 2.84 bits per heavy atom. The van der Waals surface area contributed by atoms with Gasteiger partial charge >= 0.3 is 5.69 Å². The highest BCUT2D eigenvalue weighted by Crippen LogP contribution is 2.26. The Kier molecular flexibility index (Phi) is 4.49. The molecule has 0 saturated heterocycles. The monoisotopic (exact) mass is 341 g/mol. The molecule has 0 unspecified atom stereocenters. The van der Waals surface area contributed by atoms with Crippen LogP contribution in [0.2, 0.25) is 0 Å². The molecular formula is C12H12BrN3O2S. The second-order valence-corrected chi connectivity index (χ2v) is 6.02. The molecule has 0 spiro atoms.